The fourth-order valence-electron chi connectivity index (χ4n) is 1.31. The third kappa shape index (κ3) is 12.9. The smallest absolute Gasteiger partial charge is 0.211 e. The summed E-state index contributed by atoms with van der Waals surface area (Å²) in [5, 5.41) is 13.2. The Kier molecular flexibility index (Phi) is 15.2. The van der Waals surface area contributed by atoms with Crippen LogP contribution in [0, 0.1) is 17.0 Å². The van der Waals surface area contributed by atoms with Gasteiger partial charge in [0.2, 0.25) is 5.96 Å². The van der Waals surface area contributed by atoms with Crippen molar-refractivity contribution in [2.45, 2.75) is 0 Å². The van der Waals surface area contributed by atoms with E-state index in [1.807, 2.05) is 0 Å². The molecular formula is C17H22ClF2N7O. The van der Waals surface area contributed by atoms with Crippen molar-refractivity contribution < 1.29 is 13.6 Å². The minimum Gasteiger partial charge on any atom is -0.387 e. The fourth-order valence-corrected chi connectivity index (χ4v) is 1.31. The van der Waals surface area contributed by atoms with Crippen LogP contribution in [-0.4, -0.2) is 30.8 Å². The Bertz CT molecular complexity index is 797. The zero-order valence-electron chi connectivity index (χ0n) is 14.8. The zero-order chi connectivity index (χ0) is 20.7. The molecule has 0 unspecified atom stereocenters. The molecule has 28 heavy (non-hydrogen) atoms. The molecule has 0 aliphatic carbocycles. The molecule has 0 amide bonds. The van der Waals surface area contributed by atoms with Crippen LogP contribution in [0.2, 0.25) is 0 Å². The van der Waals surface area contributed by atoms with Gasteiger partial charge in [-0.05, 0) is 18.2 Å². The lowest BCUT2D eigenvalue weighted by atomic mass is 10.2. The van der Waals surface area contributed by atoms with Crippen LogP contribution in [0.3, 0.4) is 0 Å². The maximum absolute atomic E-state index is 12.9. The van der Waals surface area contributed by atoms with Gasteiger partial charge >= 0.3 is 0 Å². The number of nitrogens with zero attached hydrogens (tertiary/aromatic N) is 2. The van der Waals surface area contributed by atoms with Gasteiger partial charge in [0.15, 0.2) is 6.29 Å². The number of nitrogens with one attached hydrogen (secondary N) is 1. The van der Waals surface area contributed by atoms with Crippen molar-refractivity contribution in [3.05, 3.63) is 71.3 Å². The number of carbonyl (C=O) groups is 1. The molecule has 0 saturated heterocycles. The van der Waals surface area contributed by atoms with Gasteiger partial charge < -0.3 is 22.9 Å². The Balaban J connectivity index is 0. The number of amidine groups is 1. The normalized spacial score (nSPS) is 8.96. The Morgan fingerprint density at radius 3 is 1.71 bits per heavy atom. The van der Waals surface area contributed by atoms with Crippen LogP contribution in [0.5, 0.6) is 0 Å². The first-order chi connectivity index (χ1) is 12.8. The number of nitrogens with two attached hydrogens (primary N) is 4. The number of halogens is 3. The van der Waals surface area contributed by atoms with Crippen molar-refractivity contribution in [1.82, 2.24) is 0 Å². The van der Waals surface area contributed by atoms with Gasteiger partial charge in [0.25, 0.3) is 0 Å². The largest absolute Gasteiger partial charge is 0.387 e. The predicted molar refractivity (Wildman–Crippen MR) is 110 cm³/mol. The minimum absolute atomic E-state index is 0. The van der Waals surface area contributed by atoms with E-state index in [1.54, 1.807) is 30.3 Å². The highest BCUT2D eigenvalue weighted by atomic mass is 35.5. The van der Waals surface area contributed by atoms with Crippen molar-refractivity contribution >= 4 is 36.7 Å². The van der Waals surface area contributed by atoms with Gasteiger partial charge in [0.1, 0.15) is 17.5 Å². The number of benzene rings is 2. The lowest BCUT2D eigenvalue weighted by molar-refractivity contribution is 0.112. The van der Waals surface area contributed by atoms with E-state index in [-0.39, 0.29) is 42.1 Å². The quantitative estimate of drug-likeness (QED) is 0.220. The van der Waals surface area contributed by atoms with Crippen LogP contribution in [0.4, 0.5) is 8.78 Å². The molecule has 0 saturated carbocycles. The molecule has 0 bridgehead atoms. The van der Waals surface area contributed by atoms with Crippen molar-refractivity contribution in [2.75, 3.05) is 6.54 Å². The summed E-state index contributed by atoms with van der Waals surface area (Å²) in [7, 11) is 0. The summed E-state index contributed by atoms with van der Waals surface area (Å²) >= 11 is 0. The molecule has 2 rings (SSSR count). The second kappa shape index (κ2) is 15.9. The summed E-state index contributed by atoms with van der Waals surface area (Å²) in [6, 6.07) is 12.0. The number of aldehydes is 1. The van der Waals surface area contributed by atoms with E-state index >= 15 is 0 Å². The first kappa shape index (κ1) is 26.9. The Morgan fingerprint density at radius 1 is 0.964 bits per heavy atom. The average molecular weight is 414 g/mol. The van der Waals surface area contributed by atoms with E-state index in [0.717, 1.165) is 0 Å². The number of hydrogen-bond donors (Lipinski definition) is 5. The molecule has 0 aliphatic rings. The highest BCUT2D eigenvalue weighted by Crippen LogP contribution is 2.03. The van der Waals surface area contributed by atoms with Crippen LogP contribution in [0.1, 0.15) is 15.9 Å². The molecule has 2 aromatic carbocycles. The summed E-state index contributed by atoms with van der Waals surface area (Å²) in [6.45, 7) is 0.167. The summed E-state index contributed by atoms with van der Waals surface area (Å²) in [5.41, 5.74) is 20.1. The fraction of sp³-hybridized carbons (Fsp3) is 0.0588. The highest BCUT2D eigenvalue weighted by Gasteiger charge is 1.95. The molecule has 8 nitrogen and oxygen atoms in total. The molecule has 0 atom stereocenters. The van der Waals surface area contributed by atoms with Gasteiger partial charge in [-0.1, -0.05) is 30.3 Å². The Labute approximate surface area is 167 Å². The van der Waals surface area contributed by atoms with E-state index in [2.05, 4.69) is 10.2 Å². The van der Waals surface area contributed by atoms with E-state index in [9.17, 15) is 13.6 Å². The van der Waals surface area contributed by atoms with E-state index in [0.29, 0.717) is 11.8 Å². The van der Waals surface area contributed by atoms with Gasteiger partial charge in [0.05, 0.1) is 18.3 Å². The van der Waals surface area contributed by atoms with Crippen LogP contribution in [0.15, 0.2) is 58.7 Å². The number of hydrogen-bond acceptors (Lipinski definition) is 5. The maximum atomic E-state index is 12.9. The summed E-state index contributed by atoms with van der Waals surface area (Å²) < 4.78 is 25.3. The SMILES string of the molecule is Cl.N=C(N)CN.NC(N)=N/N=C/c1ccccc1F.O=Cc1ccccc1F. The maximum Gasteiger partial charge on any atom is 0.211 e. The number of guanidine groups is 1. The van der Waals surface area contributed by atoms with Gasteiger partial charge in [-0.2, -0.15) is 5.10 Å². The Morgan fingerprint density at radius 2 is 1.39 bits per heavy atom. The van der Waals surface area contributed by atoms with Crippen molar-refractivity contribution in [1.29, 1.82) is 5.41 Å². The third-order valence-electron chi connectivity index (χ3n) is 2.53. The summed E-state index contributed by atoms with van der Waals surface area (Å²) in [4.78, 5) is 9.99. The van der Waals surface area contributed by atoms with Crippen molar-refractivity contribution in [3.63, 3.8) is 0 Å². The zero-order valence-corrected chi connectivity index (χ0v) is 15.6. The third-order valence-corrected chi connectivity index (χ3v) is 2.53. The standard InChI is InChI=1S/C8H9FN4.C7H5FO.C2H7N3.ClH/c9-7-4-2-1-3-6(7)5-12-13-8(10)11;8-7-4-2-1-3-6(7)5-9;3-1-2(4)5;/h1-5H,(H4,10,11,13);1-5H;1,3H2,(H3,4,5);1H/b12-5+;;;. The topological polar surface area (TPSA) is 170 Å². The van der Waals surface area contributed by atoms with Gasteiger partial charge in [-0.25, -0.2) is 8.78 Å². The summed E-state index contributed by atoms with van der Waals surface area (Å²) in [6.07, 6.45) is 1.74. The lowest BCUT2D eigenvalue weighted by Crippen LogP contribution is -2.21. The van der Waals surface area contributed by atoms with Gasteiger partial charge in [0, 0.05) is 5.56 Å². The average Bonchev–Trinajstić information content (AvgIpc) is 2.64. The first-order valence-electron chi connectivity index (χ1n) is 7.41. The van der Waals surface area contributed by atoms with Crippen LogP contribution >= 0.6 is 12.4 Å². The van der Waals surface area contributed by atoms with E-state index in [1.165, 1.54) is 24.4 Å². The second-order valence-corrected chi connectivity index (χ2v) is 4.66. The Hall–Kier alpha value is -3.37. The summed E-state index contributed by atoms with van der Waals surface area (Å²) in [5.74, 6) is -0.956. The molecule has 0 aromatic heterocycles. The second-order valence-electron chi connectivity index (χ2n) is 4.66. The molecule has 152 valence electrons. The van der Waals surface area contributed by atoms with Crippen LogP contribution in [-0.2, 0) is 0 Å². The van der Waals surface area contributed by atoms with Crippen LogP contribution < -0.4 is 22.9 Å². The number of carbonyl (C=O) groups excluding carboxylic acids is 1. The molecule has 11 heteroatoms. The van der Waals surface area contributed by atoms with Crippen LogP contribution in [0.25, 0.3) is 0 Å². The lowest BCUT2D eigenvalue weighted by Gasteiger charge is -1.92. The van der Waals surface area contributed by atoms with E-state index in [4.69, 9.17) is 28.3 Å². The molecule has 0 fully saturated rings. The monoisotopic (exact) mass is 413 g/mol. The molecule has 0 radical (unpaired) electrons. The van der Waals surface area contributed by atoms with Crippen molar-refractivity contribution in [3.8, 4) is 0 Å². The molecule has 9 N–H and O–H groups in total. The molecule has 0 aliphatic heterocycles. The molecule has 0 spiro atoms. The van der Waals surface area contributed by atoms with Crippen molar-refractivity contribution in [2.24, 2.45) is 33.1 Å². The molecule has 0 heterocycles. The van der Waals surface area contributed by atoms with E-state index < -0.39 is 5.82 Å². The highest BCUT2D eigenvalue weighted by molar-refractivity contribution is 5.85. The number of rotatable bonds is 4. The van der Waals surface area contributed by atoms with Gasteiger partial charge in [-0.15, -0.1) is 17.5 Å². The first-order valence-corrected chi connectivity index (χ1v) is 7.41. The minimum atomic E-state index is -0.465. The predicted octanol–water partition coefficient (Wildman–Crippen LogP) is 1.37. The van der Waals surface area contributed by atoms with Gasteiger partial charge in [-0.3, -0.25) is 10.2 Å². The molecule has 2 aromatic rings. The molecular weight excluding hydrogens is 392 g/mol.